The summed E-state index contributed by atoms with van der Waals surface area (Å²) in [6.45, 7) is 3.49. The van der Waals surface area contributed by atoms with Crippen LogP contribution >= 0.6 is 0 Å². The molecule has 0 aromatic heterocycles. The van der Waals surface area contributed by atoms with Crippen LogP contribution in [0.4, 0.5) is 4.39 Å². The summed E-state index contributed by atoms with van der Waals surface area (Å²) in [7, 11) is 0. The second kappa shape index (κ2) is 6.19. The summed E-state index contributed by atoms with van der Waals surface area (Å²) in [6, 6.07) is 15.3. The Morgan fingerprint density at radius 2 is 1.30 bits per heavy atom. The Labute approximate surface area is 120 Å². The van der Waals surface area contributed by atoms with Gasteiger partial charge in [-0.15, -0.1) is 0 Å². The lowest BCUT2D eigenvalue weighted by molar-refractivity contribution is 0.221. The van der Waals surface area contributed by atoms with Gasteiger partial charge in [0.05, 0.1) is 0 Å². The van der Waals surface area contributed by atoms with Crippen LogP contribution in [0.5, 0.6) is 0 Å². The molecule has 0 amide bonds. The predicted molar refractivity (Wildman–Crippen MR) is 81.0 cm³/mol. The van der Waals surface area contributed by atoms with E-state index in [4.69, 9.17) is 0 Å². The maximum Gasteiger partial charge on any atom is 0.123 e. The van der Waals surface area contributed by atoms with E-state index in [-0.39, 0.29) is 5.82 Å². The van der Waals surface area contributed by atoms with Crippen molar-refractivity contribution in [2.45, 2.75) is 25.8 Å². The molecule has 0 saturated carbocycles. The molecule has 2 heteroatoms. The summed E-state index contributed by atoms with van der Waals surface area (Å²) in [6.07, 6.45) is 4.03. The Balaban J connectivity index is 1.69. The average molecular weight is 269 g/mol. The zero-order valence-corrected chi connectivity index (χ0v) is 11.7. The number of nitrogens with zero attached hydrogens (tertiary/aromatic N) is 1. The highest BCUT2D eigenvalue weighted by molar-refractivity contribution is 5.63. The molecule has 20 heavy (non-hydrogen) atoms. The minimum atomic E-state index is -0.185. The molecule has 0 N–H and O–H groups in total. The van der Waals surface area contributed by atoms with E-state index < -0.39 is 0 Å². The topological polar surface area (TPSA) is 3.24 Å². The lowest BCUT2D eigenvalue weighted by Crippen LogP contribution is -2.28. The van der Waals surface area contributed by atoms with Gasteiger partial charge in [-0.1, -0.05) is 42.8 Å². The molecule has 0 atom stereocenters. The minimum Gasteiger partial charge on any atom is -0.299 e. The van der Waals surface area contributed by atoms with E-state index in [1.807, 2.05) is 12.1 Å². The predicted octanol–water partition coefficient (Wildman–Crippen LogP) is 4.48. The molecule has 3 rings (SSSR count). The van der Waals surface area contributed by atoms with Crippen molar-refractivity contribution in [1.29, 1.82) is 0 Å². The van der Waals surface area contributed by atoms with Crippen molar-refractivity contribution in [2.24, 2.45) is 0 Å². The van der Waals surface area contributed by atoms with Crippen molar-refractivity contribution >= 4 is 0 Å². The van der Waals surface area contributed by atoms with Gasteiger partial charge in [0.25, 0.3) is 0 Å². The number of hydrogen-bond acceptors (Lipinski definition) is 1. The van der Waals surface area contributed by atoms with Gasteiger partial charge in [0.2, 0.25) is 0 Å². The van der Waals surface area contributed by atoms with Crippen LogP contribution in [-0.2, 0) is 6.54 Å². The van der Waals surface area contributed by atoms with E-state index in [1.165, 1.54) is 50.0 Å². The van der Waals surface area contributed by atoms with E-state index in [0.29, 0.717) is 0 Å². The van der Waals surface area contributed by atoms with Crippen LogP contribution in [-0.4, -0.2) is 18.0 Å². The lowest BCUT2D eigenvalue weighted by atomic mass is 10.0. The Hall–Kier alpha value is -1.67. The SMILES string of the molecule is Fc1ccc(-c2ccc(CN3CCCCC3)cc2)cc1. The molecule has 0 radical (unpaired) electrons. The normalized spacial score (nSPS) is 16.2. The van der Waals surface area contributed by atoms with Crippen LogP contribution in [0, 0.1) is 5.82 Å². The zero-order valence-electron chi connectivity index (χ0n) is 11.7. The molecule has 2 aromatic rings. The van der Waals surface area contributed by atoms with Crippen molar-refractivity contribution in [3.05, 3.63) is 59.9 Å². The van der Waals surface area contributed by atoms with Crippen molar-refractivity contribution in [1.82, 2.24) is 4.90 Å². The third-order valence-corrected chi connectivity index (χ3v) is 3.99. The monoisotopic (exact) mass is 269 g/mol. The Morgan fingerprint density at radius 3 is 1.90 bits per heavy atom. The first-order valence-corrected chi connectivity index (χ1v) is 7.38. The molecule has 104 valence electrons. The van der Waals surface area contributed by atoms with Gasteiger partial charge < -0.3 is 0 Å². The average Bonchev–Trinajstić information content (AvgIpc) is 2.50. The van der Waals surface area contributed by atoms with E-state index >= 15 is 0 Å². The quantitative estimate of drug-likeness (QED) is 0.794. The fraction of sp³-hybridized carbons (Fsp3) is 0.333. The standard InChI is InChI=1S/C18H20FN/c19-18-10-8-17(9-11-18)16-6-4-15(5-7-16)14-20-12-2-1-3-13-20/h4-11H,1-3,12-14H2. The summed E-state index contributed by atoms with van der Waals surface area (Å²) in [5, 5.41) is 0. The van der Waals surface area contributed by atoms with Gasteiger partial charge in [-0.3, -0.25) is 4.90 Å². The van der Waals surface area contributed by atoms with Crippen molar-refractivity contribution in [2.75, 3.05) is 13.1 Å². The summed E-state index contributed by atoms with van der Waals surface area (Å²) < 4.78 is 12.9. The minimum absolute atomic E-state index is 0.185. The number of halogens is 1. The molecule has 1 fully saturated rings. The molecule has 0 aliphatic carbocycles. The molecular formula is C18H20FN. The highest BCUT2D eigenvalue weighted by atomic mass is 19.1. The first kappa shape index (κ1) is 13.3. The highest BCUT2D eigenvalue weighted by Gasteiger charge is 2.10. The fourth-order valence-corrected chi connectivity index (χ4v) is 2.82. The maximum atomic E-state index is 12.9. The van der Waals surface area contributed by atoms with Gasteiger partial charge in [-0.25, -0.2) is 4.39 Å². The van der Waals surface area contributed by atoms with E-state index in [9.17, 15) is 4.39 Å². The number of hydrogen-bond donors (Lipinski definition) is 0. The molecule has 1 heterocycles. The molecule has 1 aliphatic rings. The van der Waals surface area contributed by atoms with E-state index in [2.05, 4.69) is 29.2 Å². The first-order valence-electron chi connectivity index (χ1n) is 7.38. The maximum absolute atomic E-state index is 12.9. The molecule has 1 nitrogen and oxygen atoms in total. The lowest BCUT2D eigenvalue weighted by Gasteiger charge is -2.26. The Bertz CT molecular complexity index is 539. The van der Waals surface area contributed by atoms with Gasteiger partial charge in [-0.2, -0.15) is 0 Å². The molecule has 2 aromatic carbocycles. The van der Waals surface area contributed by atoms with Gasteiger partial charge in [-0.05, 0) is 54.8 Å². The van der Waals surface area contributed by atoms with Crippen molar-refractivity contribution in [3.63, 3.8) is 0 Å². The number of benzene rings is 2. The highest BCUT2D eigenvalue weighted by Crippen LogP contribution is 2.21. The van der Waals surface area contributed by atoms with Crippen LogP contribution in [0.25, 0.3) is 11.1 Å². The number of rotatable bonds is 3. The summed E-state index contributed by atoms with van der Waals surface area (Å²) >= 11 is 0. The van der Waals surface area contributed by atoms with E-state index in [1.54, 1.807) is 0 Å². The second-order valence-corrected chi connectivity index (χ2v) is 5.54. The van der Waals surface area contributed by atoms with Gasteiger partial charge in [0.15, 0.2) is 0 Å². The second-order valence-electron chi connectivity index (χ2n) is 5.54. The Kier molecular flexibility index (Phi) is 4.12. The van der Waals surface area contributed by atoms with Crippen LogP contribution in [0.2, 0.25) is 0 Å². The Morgan fingerprint density at radius 1 is 0.750 bits per heavy atom. The van der Waals surface area contributed by atoms with E-state index in [0.717, 1.165) is 17.7 Å². The third kappa shape index (κ3) is 3.26. The van der Waals surface area contributed by atoms with Crippen molar-refractivity contribution in [3.8, 4) is 11.1 Å². The smallest absolute Gasteiger partial charge is 0.123 e. The van der Waals surface area contributed by atoms with Crippen LogP contribution in [0.3, 0.4) is 0 Å². The van der Waals surface area contributed by atoms with Gasteiger partial charge in [0.1, 0.15) is 5.82 Å². The molecule has 1 saturated heterocycles. The summed E-state index contributed by atoms with van der Waals surface area (Å²) in [4.78, 5) is 2.52. The van der Waals surface area contributed by atoms with Crippen LogP contribution in [0.1, 0.15) is 24.8 Å². The zero-order chi connectivity index (χ0) is 13.8. The fourth-order valence-electron chi connectivity index (χ4n) is 2.82. The number of likely N-dealkylation sites (tertiary alicyclic amines) is 1. The van der Waals surface area contributed by atoms with Crippen molar-refractivity contribution < 1.29 is 4.39 Å². The molecule has 0 bridgehead atoms. The van der Waals surface area contributed by atoms with Gasteiger partial charge in [0, 0.05) is 6.54 Å². The molecular weight excluding hydrogens is 249 g/mol. The largest absolute Gasteiger partial charge is 0.299 e. The van der Waals surface area contributed by atoms with Gasteiger partial charge >= 0.3 is 0 Å². The molecule has 0 unspecified atom stereocenters. The first-order chi connectivity index (χ1) is 9.81. The summed E-state index contributed by atoms with van der Waals surface area (Å²) in [5.41, 5.74) is 3.57. The summed E-state index contributed by atoms with van der Waals surface area (Å²) in [5.74, 6) is -0.185. The third-order valence-electron chi connectivity index (χ3n) is 3.99. The van der Waals surface area contributed by atoms with Crippen LogP contribution in [0.15, 0.2) is 48.5 Å². The molecule has 0 spiro atoms. The molecule has 1 aliphatic heterocycles. The van der Waals surface area contributed by atoms with Crippen LogP contribution < -0.4 is 0 Å². The number of piperidine rings is 1.